The van der Waals surface area contributed by atoms with Crippen LogP contribution < -0.4 is 5.32 Å². The van der Waals surface area contributed by atoms with Crippen LogP contribution in [0.3, 0.4) is 0 Å². The lowest BCUT2D eigenvalue weighted by molar-refractivity contribution is -0.142. The van der Waals surface area contributed by atoms with Crippen molar-refractivity contribution >= 4 is 11.9 Å². The molecule has 7 heteroatoms. The Bertz CT molecular complexity index is 580. The van der Waals surface area contributed by atoms with E-state index in [-0.39, 0.29) is 17.4 Å². The molecule has 3 heterocycles. The summed E-state index contributed by atoms with van der Waals surface area (Å²) in [6.45, 7) is 12.1. The minimum absolute atomic E-state index is 0.132. The maximum atomic E-state index is 12.6. The minimum Gasteiger partial charge on any atom is -0.377 e. The van der Waals surface area contributed by atoms with Gasteiger partial charge >= 0.3 is 0 Å². The molecule has 3 aliphatic heterocycles. The zero-order valence-corrected chi connectivity index (χ0v) is 16.9. The van der Waals surface area contributed by atoms with E-state index < -0.39 is 0 Å². The number of fused-ring (bicyclic) bond motifs is 1. The summed E-state index contributed by atoms with van der Waals surface area (Å²) in [4.78, 5) is 21.6. The van der Waals surface area contributed by atoms with Crippen molar-refractivity contribution in [1.29, 1.82) is 0 Å². The van der Waals surface area contributed by atoms with Gasteiger partial charge in [-0.1, -0.05) is 13.8 Å². The fourth-order valence-electron chi connectivity index (χ4n) is 5.26. The van der Waals surface area contributed by atoms with Gasteiger partial charge in [0.05, 0.1) is 6.10 Å². The Labute approximate surface area is 162 Å². The topological polar surface area (TPSA) is 66.4 Å². The summed E-state index contributed by atoms with van der Waals surface area (Å²) >= 11 is 0. The van der Waals surface area contributed by atoms with Crippen LogP contribution in [0.15, 0.2) is 4.99 Å². The molecule has 4 aliphatic rings. The number of nitrogens with zero attached hydrogens (tertiary/aromatic N) is 3. The molecule has 1 saturated carbocycles. The summed E-state index contributed by atoms with van der Waals surface area (Å²) in [5, 5.41) is 3.75. The lowest BCUT2D eigenvalue weighted by Crippen LogP contribution is -2.69. The van der Waals surface area contributed by atoms with E-state index in [0.717, 1.165) is 71.2 Å². The van der Waals surface area contributed by atoms with Crippen LogP contribution in [0.25, 0.3) is 0 Å². The molecule has 27 heavy (non-hydrogen) atoms. The molecule has 4 atom stereocenters. The number of guanidine groups is 1. The van der Waals surface area contributed by atoms with E-state index in [9.17, 15) is 4.79 Å². The molecule has 0 aromatic carbocycles. The highest BCUT2D eigenvalue weighted by Gasteiger charge is 2.59. The molecular weight excluding hydrogens is 344 g/mol. The normalized spacial score (nSPS) is 35.7. The molecule has 1 amide bonds. The van der Waals surface area contributed by atoms with Crippen molar-refractivity contribution < 1.29 is 14.3 Å². The average Bonchev–Trinajstić information content (AvgIpc) is 3.35. The second-order valence-corrected chi connectivity index (χ2v) is 8.80. The van der Waals surface area contributed by atoms with Crippen LogP contribution in [0.1, 0.15) is 40.0 Å². The van der Waals surface area contributed by atoms with Gasteiger partial charge in [-0.05, 0) is 26.2 Å². The number of carbonyl (C=O) groups is 1. The number of nitrogens with one attached hydrogen (secondary N) is 1. The second kappa shape index (κ2) is 7.59. The number of rotatable bonds is 3. The van der Waals surface area contributed by atoms with E-state index in [1.54, 1.807) is 0 Å². The number of ether oxygens (including phenoxy) is 2. The summed E-state index contributed by atoms with van der Waals surface area (Å²) in [7, 11) is 0. The van der Waals surface area contributed by atoms with Gasteiger partial charge in [0.15, 0.2) is 5.96 Å². The summed E-state index contributed by atoms with van der Waals surface area (Å²) in [6.07, 6.45) is 3.16. The summed E-state index contributed by atoms with van der Waals surface area (Å²) in [5.41, 5.74) is 0.132. The van der Waals surface area contributed by atoms with Crippen LogP contribution in [-0.4, -0.2) is 85.9 Å². The number of hydrogen-bond acceptors (Lipinski definition) is 4. The molecular formula is C20H34N4O3. The van der Waals surface area contributed by atoms with Crippen molar-refractivity contribution in [2.24, 2.45) is 16.3 Å². The third kappa shape index (κ3) is 3.44. The maximum Gasteiger partial charge on any atom is 0.251 e. The van der Waals surface area contributed by atoms with Gasteiger partial charge in [0.1, 0.15) is 6.10 Å². The van der Waals surface area contributed by atoms with Crippen LogP contribution in [0, 0.1) is 11.3 Å². The number of carbonyl (C=O) groups excluding carboxylic acids is 1. The Morgan fingerprint density at radius 3 is 2.52 bits per heavy atom. The van der Waals surface area contributed by atoms with E-state index in [4.69, 9.17) is 14.5 Å². The number of amides is 1. The van der Waals surface area contributed by atoms with Gasteiger partial charge in [-0.2, -0.15) is 0 Å². The highest BCUT2D eigenvalue weighted by atomic mass is 16.5. The molecule has 152 valence electrons. The molecule has 4 fully saturated rings. The molecule has 1 N–H and O–H groups in total. The summed E-state index contributed by atoms with van der Waals surface area (Å²) in [5.74, 6) is 1.75. The van der Waals surface area contributed by atoms with Crippen LogP contribution in [0.5, 0.6) is 0 Å². The van der Waals surface area contributed by atoms with Crippen LogP contribution in [-0.2, 0) is 14.3 Å². The molecule has 4 rings (SSSR count). The SMILES string of the molecule is CCN=C(NC1C2CCOC2C1(C)C)N1CCN(C(=O)C2CCCO2)CC1. The number of aliphatic imine (C=N–C) groups is 1. The maximum absolute atomic E-state index is 12.6. The molecule has 1 aliphatic carbocycles. The first-order chi connectivity index (χ1) is 13.0. The fraction of sp³-hybridized carbons (Fsp3) is 0.900. The van der Waals surface area contributed by atoms with Crippen molar-refractivity contribution in [1.82, 2.24) is 15.1 Å². The Kier molecular flexibility index (Phi) is 5.34. The van der Waals surface area contributed by atoms with Crippen LogP contribution in [0.2, 0.25) is 0 Å². The Morgan fingerprint density at radius 1 is 1.11 bits per heavy atom. The first-order valence-electron chi connectivity index (χ1n) is 10.6. The van der Waals surface area contributed by atoms with Gasteiger partial charge in [0, 0.05) is 63.3 Å². The highest BCUT2D eigenvalue weighted by Crippen LogP contribution is 2.52. The quantitative estimate of drug-likeness (QED) is 0.588. The van der Waals surface area contributed by atoms with Gasteiger partial charge in [-0.3, -0.25) is 9.79 Å². The number of hydrogen-bond donors (Lipinski definition) is 1. The van der Waals surface area contributed by atoms with E-state index in [0.29, 0.717) is 18.1 Å². The Balaban J connectivity index is 1.35. The predicted octanol–water partition coefficient (Wildman–Crippen LogP) is 1.09. The monoisotopic (exact) mass is 378 g/mol. The molecule has 7 nitrogen and oxygen atoms in total. The van der Waals surface area contributed by atoms with Gasteiger partial charge in [0.25, 0.3) is 5.91 Å². The standard InChI is InChI=1S/C20H34N4O3/c1-4-21-19(22-16-14-7-13-27-17(14)20(16,2)3)24-10-8-23(9-11-24)18(25)15-6-5-12-26-15/h14-17H,4-13H2,1-3H3,(H,21,22). The lowest BCUT2D eigenvalue weighted by atomic mass is 9.57. The van der Waals surface area contributed by atoms with Crippen molar-refractivity contribution in [2.75, 3.05) is 45.9 Å². The first-order valence-corrected chi connectivity index (χ1v) is 10.6. The molecule has 0 radical (unpaired) electrons. The van der Waals surface area contributed by atoms with Gasteiger partial charge in [-0.15, -0.1) is 0 Å². The van der Waals surface area contributed by atoms with E-state index in [2.05, 4.69) is 31.0 Å². The molecule has 4 unspecified atom stereocenters. The zero-order chi connectivity index (χ0) is 19.0. The van der Waals surface area contributed by atoms with E-state index >= 15 is 0 Å². The predicted molar refractivity (Wildman–Crippen MR) is 104 cm³/mol. The zero-order valence-electron chi connectivity index (χ0n) is 16.9. The van der Waals surface area contributed by atoms with Crippen molar-refractivity contribution in [3.05, 3.63) is 0 Å². The van der Waals surface area contributed by atoms with Crippen molar-refractivity contribution in [3.63, 3.8) is 0 Å². The van der Waals surface area contributed by atoms with Crippen molar-refractivity contribution in [2.45, 2.75) is 58.3 Å². The van der Waals surface area contributed by atoms with Gasteiger partial charge < -0.3 is 24.6 Å². The highest BCUT2D eigenvalue weighted by molar-refractivity contribution is 5.83. The summed E-state index contributed by atoms with van der Waals surface area (Å²) < 4.78 is 11.5. The largest absolute Gasteiger partial charge is 0.377 e. The summed E-state index contributed by atoms with van der Waals surface area (Å²) in [6, 6.07) is 0.404. The molecule has 3 saturated heterocycles. The third-order valence-corrected chi connectivity index (χ3v) is 6.79. The lowest BCUT2D eigenvalue weighted by Gasteiger charge is -2.55. The Morgan fingerprint density at radius 2 is 1.85 bits per heavy atom. The molecule has 0 aromatic rings. The fourth-order valence-corrected chi connectivity index (χ4v) is 5.26. The van der Waals surface area contributed by atoms with Crippen molar-refractivity contribution in [3.8, 4) is 0 Å². The Hall–Kier alpha value is -1.34. The molecule has 0 bridgehead atoms. The second-order valence-electron chi connectivity index (χ2n) is 8.80. The third-order valence-electron chi connectivity index (χ3n) is 6.79. The molecule has 0 aromatic heterocycles. The minimum atomic E-state index is -0.214. The van der Waals surface area contributed by atoms with Gasteiger partial charge in [0.2, 0.25) is 0 Å². The average molecular weight is 379 g/mol. The van der Waals surface area contributed by atoms with Crippen LogP contribution >= 0.6 is 0 Å². The van der Waals surface area contributed by atoms with Crippen LogP contribution in [0.4, 0.5) is 0 Å². The van der Waals surface area contributed by atoms with Gasteiger partial charge in [-0.25, -0.2) is 0 Å². The molecule has 0 spiro atoms. The number of piperazine rings is 1. The smallest absolute Gasteiger partial charge is 0.251 e. The van der Waals surface area contributed by atoms with E-state index in [1.165, 1.54) is 0 Å². The first kappa shape index (κ1) is 19.0. The van der Waals surface area contributed by atoms with E-state index in [1.807, 2.05) is 4.90 Å².